The molecule has 0 aromatic carbocycles. The first-order valence-corrected chi connectivity index (χ1v) is 8.25. The highest BCUT2D eigenvalue weighted by atomic mass is 35.5. The first-order chi connectivity index (χ1) is 8.52. The van der Waals surface area contributed by atoms with Gasteiger partial charge in [0.15, 0.2) is 0 Å². The molecule has 1 heterocycles. The van der Waals surface area contributed by atoms with Crippen molar-refractivity contribution in [1.82, 2.24) is 8.61 Å². The van der Waals surface area contributed by atoms with Crippen LogP contribution in [0, 0.1) is 5.92 Å². The molecular weight excluding hydrogens is 276 g/mol. The van der Waals surface area contributed by atoms with Gasteiger partial charge in [-0.05, 0) is 18.8 Å². The van der Waals surface area contributed by atoms with E-state index in [2.05, 4.69) is 6.92 Å². The summed E-state index contributed by atoms with van der Waals surface area (Å²) in [4.78, 5) is 0. The first-order valence-electron chi connectivity index (χ1n) is 6.32. The summed E-state index contributed by atoms with van der Waals surface area (Å²) in [6, 6.07) is 0. The molecular formula is C11H23ClN2O3S. The van der Waals surface area contributed by atoms with Gasteiger partial charge in [-0.1, -0.05) is 6.92 Å². The molecule has 0 aromatic rings. The third kappa shape index (κ3) is 4.35. The van der Waals surface area contributed by atoms with Crippen molar-refractivity contribution in [3.05, 3.63) is 0 Å². The van der Waals surface area contributed by atoms with Gasteiger partial charge in [0.1, 0.15) is 0 Å². The lowest BCUT2D eigenvalue weighted by atomic mass is 10.0. The lowest BCUT2D eigenvalue weighted by Gasteiger charge is -2.34. The topological polar surface area (TPSA) is 49.9 Å². The minimum absolute atomic E-state index is 0.298. The van der Waals surface area contributed by atoms with Crippen molar-refractivity contribution < 1.29 is 13.2 Å². The number of piperidine rings is 1. The lowest BCUT2D eigenvalue weighted by Crippen LogP contribution is -2.49. The molecule has 1 aliphatic rings. The molecule has 0 saturated carbocycles. The summed E-state index contributed by atoms with van der Waals surface area (Å²) in [5.41, 5.74) is 0. The summed E-state index contributed by atoms with van der Waals surface area (Å²) < 4.78 is 32.9. The van der Waals surface area contributed by atoms with E-state index in [9.17, 15) is 8.42 Å². The molecule has 0 amide bonds. The molecule has 1 unspecified atom stereocenters. The number of hydrogen-bond donors (Lipinski definition) is 0. The van der Waals surface area contributed by atoms with E-state index in [4.69, 9.17) is 16.3 Å². The number of methoxy groups -OCH3 is 1. The number of ether oxygens (including phenoxy) is 1. The van der Waals surface area contributed by atoms with Gasteiger partial charge in [0.05, 0.1) is 6.61 Å². The lowest BCUT2D eigenvalue weighted by molar-refractivity contribution is 0.175. The second-order valence-corrected chi connectivity index (χ2v) is 7.00. The molecule has 0 bridgehead atoms. The van der Waals surface area contributed by atoms with Crippen molar-refractivity contribution in [2.45, 2.75) is 19.8 Å². The summed E-state index contributed by atoms with van der Waals surface area (Å²) in [5, 5.41) is 0. The summed E-state index contributed by atoms with van der Waals surface area (Å²) in [7, 11) is -1.83. The summed E-state index contributed by atoms with van der Waals surface area (Å²) in [6.45, 7) is 4.38. The molecule has 0 radical (unpaired) electrons. The maximum absolute atomic E-state index is 12.5. The normalized spacial score (nSPS) is 22.6. The van der Waals surface area contributed by atoms with Crippen LogP contribution in [-0.4, -0.2) is 62.8 Å². The molecule has 0 aliphatic carbocycles. The fourth-order valence-corrected chi connectivity index (χ4v) is 4.21. The standard InChI is InChI=1S/C11H23ClN2O3S/c1-11-4-3-6-14(10-11)18(15,16)13(7-5-12)8-9-17-2/h11H,3-10H2,1-2H3. The Labute approximate surface area is 115 Å². The van der Waals surface area contributed by atoms with Crippen LogP contribution in [0.15, 0.2) is 0 Å². The van der Waals surface area contributed by atoms with E-state index < -0.39 is 10.2 Å². The molecule has 0 aromatic heterocycles. The highest BCUT2D eigenvalue weighted by molar-refractivity contribution is 7.86. The predicted octanol–water partition coefficient (Wildman–Crippen LogP) is 1.15. The Morgan fingerprint density at radius 2 is 2.17 bits per heavy atom. The molecule has 5 nitrogen and oxygen atoms in total. The van der Waals surface area contributed by atoms with E-state index in [1.807, 2.05) is 0 Å². The molecule has 7 heteroatoms. The van der Waals surface area contributed by atoms with E-state index >= 15 is 0 Å². The van der Waals surface area contributed by atoms with E-state index in [-0.39, 0.29) is 0 Å². The van der Waals surface area contributed by atoms with Gasteiger partial charge in [0.2, 0.25) is 0 Å². The minimum atomic E-state index is -3.39. The molecule has 108 valence electrons. The SMILES string of the molecule is COCCN(CCCl)S(=O)(=O)N1CCCC(C)C1. The van der Waals surface area contributed by atoms with Gasteiger partial charge < -0.3 is 4.74 Å². The van der Waals surface area contributed by atoms with Crippen LogP contribution in [0.2, 0.25) is 0 Å². The van der Waals surface area contributed by atoms with Crippen molar-refractivity contribution in [2.24, 2.45) is 5.92 Å². The molecule has 18 heavy (non-hydrogen) atoms. The van der Waals surface area contributed by atoms with Crippen LogP contribution in [-0.2, 0) is 14.9 Å². The van der Waals surface area contributed by atoms with Crippen LogP contribution in [0.3, 0.4) is 0 Å². The Kier molecular flexibility index (Phi) is 6.87. The predicted molar refractivity (Wildman–Crippen MR) is 73.1 cm³/mol. The van der Waals surface area contributed by atoms with Gasteiger partial charge >= 0.3 is 0 Å². The smallest absolute Gasteiger partial charge is 0.282 e. The van der Waals surface area contributed by atoms with E-state index in [0.717, 1.165) is 12.8 Å². The van der Waals surface area contributed by atoms with Gasteiger partial charge in [0, 0.05) is 39.2 Å². The monoisotopic (exact) mass is 298 g/mol. The fraction of sp³-hybridized carbons (Fsp3) is 1.00. The van der Waals surface area contributed by atoms with E-state index in [1.54, 1.807) is 11.4 Å². The van der Waals surface area contributed by atoms with Gasteiger partial charge in [-0.2, -0.15) is 17.0 Å². The second kappa shape index (κ2) is 7.65. The van der Waals surface area contributed by atoms with Crippen LogP contribution < -0.4 is 0 Å². The maximum atomic E-state index is 12.5. The van der Waals surface area contributed by atoms with Crippen molar-refractivity contribution in [1.29, 1.82) is 0 Å². The largest absolute Gasteiger partial charge is 0.383 e. The average Bonchev–Trinajstić information content (AvgIpc) is 2.34. The highest BCUT2D eigenvalue weighted by Gasteiger charge is 2.31. The van der Waals surface area contributed by atoms with Gasteiger partial charge in [-0.15, -0.1) is 11.6 Å². The Morgan fingerprint density at radius 1 is 1.44 bits per heavy atom. The molecule has 1 atom stereocenters. The second-order valence-electron chi connectivity index (χ2n) is 4.69. The summed E-state index contributed by atoms with van der Waals surface area (Å²) in [6.07, 6.45) is 2.03. The minimum Gasteiger partial charge on any atom is -0.383 e. The number of rotatable bonds is 7. The summed E-state index contributed by atoms with van der Waals surface area (Å²) >= 11 is 5.68. The van der Waals surface area contributed by atoms with Crippen LogP contribution in [0.5, 0.6) is 0 Å². The molecule has 0 spiro atoms. The maximum Gasteiger partial charge on any atom is 0.282 e. The fourth-order valence-electron chi connectivity index (χ4n) is 2.15. The van der Waals surface area contributed by atoms with E-state index in [1.165, 1.54) is 4.31 Å². The molecule has 1 rings (SSSR count). The van der Waals surface area contributed by atoms with Crippen LogP contribution in [0.25, 0.3) is 0 Å². The number of nitrogens with zero attached hydrogens (tertiary/aromatic N) is 2. The Bertz CT molecular complexity index is 337. The highest BCUT2D eigenvalue weighted by Crippen LogP contribution is 2.20. The number of hydrogen-bond acceptors (Lipinski definition) is 3. The van der Waals surface area contributed by atoms with Gasteiger partial charge in [0.25, 0.3) is 10.2 Å². The zero-order chi connectivity index (χ0) is 13.6. The third-order valence-electron chi connectivity index (χ3n) is 3.15. The van der Waals surface area contributed by atoms with Crippen molar-refractivity contribution >= 4 is 21.8 Å². The number of halogens is 1. The van der Waals surface area contributed by atoms with Crippen LogP contribution in [0.1, 0.15) is 19.8 Å². The zero-order valence-electron chi connectivity index (χ0n) is 11.1. The van der Waals surface area contributed by atoms with Crippen molar-refractivity contribution in [3.8, 4) is 0 Å². The summed E-state index contributed by atoms with van der Waals surface area (Å²) in [5.74, 6) is 0.723. The molecule has 0 N–H and O–H groups in total. The molecule has 1 saturated heterocycles. The Hall–Kier alpha value is 0.120. The number of alkyl halides is 1. The zero-order valence-corrected chi connectivity index (χ0v) is 12.7. The Balaban J connectivity index is 2.72. The van der Waals surface area contributed by atoms with Gasteiger partial charge in [-0.3, -0.25) is 0 Å². The van der Waals surface area contributed by atoms with Gasteiger partial charge in [-0.25, -0.2) is 0 Å². The van der Waals surface area contributed by atoms with Crippen molar-refractivity contribution in [3.63, 3.8) is 0 Å². The quantitative estimate of drug-likeness (QED) is 0.663. The molecule has 1 aliphatic heterocycles. The first kappa shape index (κ1) is 16.2. The van der Waals surface area contributed by atoms with Crippen molar-refractivity contribution in [2.75, 3.05) is 45.8 Å². The third-order valence-corrected chi connectivity index (χ3v) is 5.32. The Morgan fingerprint density at radius 3 is 2.72 bits per heavy atom. The van der Waals surface area contributed by atoms with E-state index in [0.29, 0.717) is 44.6 Å². The average molecular weight is 299 g/mol. The van der Waals surface area contributed by atoms with Crippen LogP contribution in [0.4, 0.5) is 0 Å². The van der Waals surface area contributed by atoms with Crippen LogP contribution >= 0.6 is 11.6 Å². The molecule has 1 fully saturated rings.